The molecule has 0 saturated carbocycles. The summed E-state index contributed by atoms with van der Waals surface area (Å²) in [4.78, 5) is 22.3. The molecule has 0 aromatic heterocycles. The number of nitriles is 2. The van der Waals surface area contributed by atoms with Gasteiger partial charge in [-0.15, -0.1) is 0 Å². The fourth-order valence-electron chi connectivity index (χ4n) is 1.18. The third-order valence-corrected chi connectivity index (χ3v) is 2.07. The summed E-state index contributed by atoms with van der Waals surface area (Å²) in [5.74, 6) is -1.07. The van der Waals surface area contributed by atoms with Crippen LogP contribution in [-0.4, -0.2) is 11.9 Å². The van der Waals surface area contributed by atoms with Crippen molar-refractivity contribution in [2.45, 2.75) is 51.4 Å². The first kappa shape index (κ1) is 15.1. The number of nitrogens with zero attached hydrogens (tertiary/aromatic N) is 2. The smallest absolute Gasteiger partial charge is 0.313 e. The van der Waals surface area contributed by atoms with Crippen molar-refractivity contribution >= 4 is 11.9 Å². The van der Waals surface area contributed by atoms with Gasteiger partial charge in [0.05, 0.1) is 12.1 Å². The van der Waals surface area contributed by atoms with Crippen LogP contribution in [0.3, 0.4) is 0 Å². The minimum absolute atomic E-state index is 0.172. The lowest BCUT2D eigenvalue weighted by molar-refractivity contribution is -0.159. The second kappa shape index (κ2) is 10.6. The summed E-state index contributed by atoms with van der Waals surface area (Å²) in [6, 6.07) is 3.95. The van der Waals surface area contributed by atoms with E-state index in [0.29, 0.717) is 38.5 Å². The largest absolute Gasteiger partial charge is 0.393 e. The maximum Gasteiger partial charge on any atom is 0.313 e. The van der Waals surface area contributed by atoms with Gasteiger partial charge in [-0.2, -0.15) is 10.5 Å². The van der Waals surface area contributed by atoms with E-state index < -0.39 is 11.9 Å². The van der Waals surface area contributed by atoms with Crippen LogP contribution in [0.2, 0.25) is 0 Å². The molecular formula is C12H16N2O3. The quantitative estimate of drug-likeness (QED) is 0.366. The van der Waals surface area contributed by atoms with Crippen molar-refractivity contribution in [3.05, 3.63) is 0 Å². The van der Waals surface area contributed by atoms with Crippen LogP contribution in [0.1, 0.15) is 51.4 Å². The minimum Gasteiger partial charge on any atom is -0.393 e. The number of hydrogen-bond acceptors (Lipinski definition) is 5. The maximum atomic E-state index is 11.1. The second-order valence-corrected chi connectivity index (χ2v) is 3.58. The Bertz CT molecular complexity index is 294. The van der Waals surface area contributed by atoms with Gasteiger partial charge in [0, 0.05) is 25.7 Å². The highest BCUT2D eigenvalue weighted by Gasteiger charge is 2.09. The molecule has 5 nitrogen and oxygen atoms in total. The lowest BCUT2D eigenvalue weighted by atomic mass is 10.2. The monoisotopic (exact) mass is 236 g/mol. The van der Waals surface area contributed by atoms with Gasteiger partial charge in [-0.25, -0.2) is 0 Å². The van der Waals surface area contributed by atoms with E-state index in [1.165, 1.54) is 0 Å². The van der Waals surface area contributed by atoms with Gasteiger partial charge in [-0.1, -0.05) is 0 Å². The summed E-state index contributed by atoms with van der Waals surface area (Å²) in [6.07, 6.45) is 3.58. The highest BCUT2D eigenvalue weighted by atomic mass is 16.6. The normalized spacial score (nSPS) is 9.06. The highest BCUT2D eigenvalue weighted by Crippen LogP contribution is 2.04. The Labute approximate surface area is 101 Å². The molecule has 0 unspecified atom stereocenters. The van der Waals surface area contributed by atoms with E-state index in [1.54, 1.807) is 0 Å². The van der Waals surface area contributed by atoms with Crippen LogP contribution in [0.15, 0.2) is 0 Å². The Kier molecular flexibility index (Phi) is 9.46. The molecule has 0 heterocycles. The standard InChI is InChI=1S/C12H16N2O3/c13-9-5-1-3-7-11(15)17-12(16)8-4-2-6-10-14/h1-8H2. The zero-order valence-electron chi connectivity index (χ0n) is 9.78. The number of esters is 2. The SMILES string of the molecule is N#CCCCCC(=O)OC(=O)CCCCC#N. The zero-order valence-corrected chi connectivity index (χ0v) is 9.78. The molecule has 0 aromatic carbocycles. The zero-order chi connectivity index (χ0) is 12.9. The van der Waals surface area contributed by atoms with Crippen LogP contribution in [0, 0.1) is 22.7 Å². The maximum absolute atomic E-state index is 11.1. The Morgan fingerprint density at radius 1 is 0.824 bits per heavy atom. The Hall–Kier alpha value is -1.88. The molecule has 0 radical (unpaired) electrons. The molecule has 0 aromatic rings. The molecule has 0 amide bonds. The Morgan fingerprint density at radius 2 is 1.24 bits per heavy atom. The number of hydrogen-bond donors (Lipinski definition) is 0. The summed E-state index contributed by atoms with van der Waals surface area (Å²) in [5.41, 5.74) is 0. The number of unbranched alkanes of at least 4 members (excludes halogenated alkanes) is 4. The van der Waals surface area contributed by atoms with Gasteiger partial charge in [-0.05, 0) is 25.7 Å². The van der Waals surface area contributed by atoms with Gasteiger partial charge in [0.15, 0.2) is 0 Å². The summed E-state index contributed by atoms with van der Waals surface area (Å²) in [7, 11) is 0. The fourth-order valence-corrected chi connectivity index (χ4v) is 1.18. The number of carbonyl (C=O) groups excluding carboxylic acids is 2. The molecule has 0 aliphatic heterocycles. The van der Waals surface area contributed by atoms with Crippen molar-refractivity contribution in [2.75, 3.05) is 0 Å². The van der Waals surface area contributed by atoms with E-state index in [1.807, 2.05) is 12.1 Å². The Balaban J connectivity index is 3.50. The van der Waals surface area contributed by atoms with Gasteiger partial charge >= 0.3 is 11.9 Å². The Morgan fingerprint density at radius 3 is 1.59 bits per heavy atom. The number of ether oxygens (including phenoxy) is 1. The molecule has 0 N–H and O–H groups in total. The van der Waals surface area contributed by atoms with Gasteiger partial charge < -0.3 is 4.74 Å². The first-order valence-electron chi connectivity index (χ1n) is 5.68. The van der Waals surface area contributed by atoms with Crippen molar-refractivity contribution in [3.8, 4) is 12.1 Å². The van der Waals surface area contributed by atoms with Gasteiger partial charge in [0.25, 0.3) is 0 Å². The fraction of sp³-hybridized carbons (Fsp3) is 0.667. The molecule has 0 spiro atoms. The first-order valence-corrected chi connectivity index (χ1v) is 5.68. The van der Waals surface area contributed by atoms with Crippen molar-refractivity contribution in [3.63, 3.8) is 0 Å². The van der Waals surface area contributed by atoms with E-state index in [4.69, 9.17) is 10.5 Å². The summed E-state index contributed by atoms with van der Waals surface area (Å²) < 4.78 is 4.57. The first-order chi connectivity index (χ1) is 8.20. The van der Waals surface area contributed by atoms with Crippen LogP contribution in [0.25, 0.3) is 0 Å². The molecule has 5 heteroatoms. The van der Waals surface area contributed by atoms with Gasteiger partial charge in [0.2, 0.25) is 0 Å². The molecule has 92 valence electrons. The van der Waals surface area contributed by atoms with Gasteiger partial charge in [0.1, 0.15) is 0 Å². The average molecular weight is 236 g/mol. The molecular weight excluding hydrogens is 220 g/mol. The van der Waals surface area contributed by atoms with Crippen LogP contribution >= 0.6 is 0 Å². The van der Waals surface area contributed by atoms with E-state index in [2.05, 4.69) is 4.74 Å². The molecule has 0 saturated heterocycles. The average Bonchev–Trinajstić information content (AvgIpc) is 2.30. The lowest BCUT2D eigenvalue weighted by Crippen LogP contribution is -2.11. The molecule has 17 heavy (non-hydrogen) atoms. The van der Waals surface area contributed by atoms with Crippen molar-refractivity contribution in [1.29, 1.82) is 10.5 Å². The molecule has 0 aliphatic rings. The van der Waals surface area contributed by atoms with E-state index in [9.17, 15) is 9.59 Å². The van der Waals surface area contributed by atoms with Crippen LogP contribution in [0.4, 0.5) is 0 Å². The number of carbonyl (C=O) groups is 2. The molecule has 0 atom stereocenters. The van der Waals surface area contributed by atoms with Crippen LogP contribution < -0.4 is 0 Å². The summed E-state index contributed by atoms with van der Waals surface area (Å²) in [6.45, 7) is 0. The molecule has 0 fully saturated rings. The minimum atomic E-state index is -0.534. The molecule has 0 aliphatic carbocycles. The van der Waals surface area contributed by atoms with Gasteiger partial charge in [-0.3, -0.25) is 9.59 Å². The van der Waals surface area contributed by atoms with E-state index >= 15 is 0 Å². The van der Waals surface area contributed by atoms with Crippen LogP contribution in [0.5, 0.6) is 0 Å². The van der Waals surface area contributed by atoms with Crippen LogP contribution in [-0.2, 0) is 14.3 Å². The second-order valence-electron chi connectivity index (χ2n) is 3.58. The molecule has 0 bridgehead atoms. The lowest BCUT2D eigenvalue weighted by Gasteiger charge is -2.01. The predicted octanol–water partition coefficient (Wildman–Crippen LogP) is 2.22. The third kappa shape index (κ3) is 10.4. The summed E-state index contributed by atoms with van der Waals surface area (Å²) >= 11 is 0. The topological polar surface area (TPSA) is 90.9 Å². The van der Waals surface area contributed by atoms with Crippen molar-refractivity contribution in [2.24, 2.45) is 0 Å². The van der Waals surface area contributed by atoms with E-state index in [0.717, 1.165) is 0 Å². The highest BCUT2D eigenvalue weighted by molar-refractivity contribution is 5.85. The van der Waals surface area contributed by atoms with Crippen molar-refractivity contribution in [1.82, 2.24) is 0 Å². The third-order valence-electron chi connectivity index (χ3n) is 2.07. The molecule has 0 rings (SSSR count). The number of rotatable bonds is 8. The summed E-state index contributed by atoms with van der Waals surface area (Å²) in [5, 5.41) is 16.5. The predicted molar refractivity (Wildman–Crippen MR) is 59.3 cm³/mol. The van der Waals surface area contributed by atoms with E-state index in [-0.39, 0.29) is 12.8 Å². The van der Waals surface area contributed by atoms with Crippen molar-refractivity contribution < 1.29 is 14.3 Å².